The Morgan fingerprint density at radius 1 is 1.44 bits per heavy atom. The number of ether oxygens (including phenoxy) is 1. The van der Waals surface area contributed by atoms with E-state index in [9.17, 15) is 0 Å². The van der Waals surface area contributed by atoms with Crippen molar-refractivity contribution in [2.45, 2.75) is 13.5 Å². The second kappa shape index (κ2) is 4.71. The average molecular weight is 219 g/mol. The summed E-state index contributed by atoms with van der Waals surface area (Å²) in [4.78, 5) is 8.38. The Morgan fingerprint density at radius 3 is 3.00 bits per heavy atom. The number of nitrogen functional groups attached to an aromatic ring is 1. The fourth-order valence-corrected chi connectivity index (χ4v) is 1.28. The fraction of sp³-hybridized carbons (Fsp3) is 0.300. The molecule has 6 heteroatoms. The molecule has 0 aliphatic carbocycles. The first-order valence-corrected chi connectivity index (χ1v) is 5.01. The monoisotopic (exact) mass is 219 g/mol. The lowest BCUT2D eigenvalue weighted by molar-refractivity contribution is 0.128. The molecule has 0 bridgehead atoms. The van der Waals surface area contributed by atoms with Gasteiger partial charge < -0.3 is 10.5 Å². The van der Waals surface area contributed by atoms with Crippen LogP contribution in [0.15, 0.2) is 24.5 Å². The van der Waals surface area contributed by atoms with Crippen molar-refractivity contribution in [3.63, 3.8) is 0 Å². The normalized spacial score (nSPS) is 10.6. The van der Waals surface area contributed by atoms with Gasteiger partial charge in [-0.15, -0.1) is 0 Å². The van der Waals surface area contributed by atoms with E-state index in [0.29, 0.717) is 30.7 Å². The third-order valence-electron chi connectivity index (χ3n) is 1.95. The van der Waals surface area contributed by atoms with Crippen molar-refractivity contribution in [2.24, 2.45) is 0 Å². The minimum atomic E-state index is 0.357. The quantitative estimate of drug-likeness (QED) is 0.822. The number of nitrogens with zero attached hydrogens (tertiary/aromatic N) is 4. The molecule has 0 aliphatic rings. The maximum atomic E-state index is 5.69. The van der Waals surface area contributed by atoms with Gasteiger partial charge in [0, 0.05) is 25.1 Å². The van der Waals surface area contributed by atoms with E-state index in [4.69, 9.17) is 10.5 Å². The first kappa shape index (κ1) is 10.6. The van der Waals surface area contributed by atoms with Crippen LogP contribution in [0.1, 0.15) is 12.7 Å². The van der Waals surface area contributed by atoms with Gasteiger partial charge in [0.1, 0.15) is 12.4 Å². The van der Waals surface area contributed by atoms with Crippen molar-refractivity contribution in [1.29, 1.82) is 0 Å². The predicted molar refractivity (Wildman–Crippen MR) is 58.9 cm³/mol. The van der Waals surface area contributed by atoms with Crippen LogP contribution >= 0.6 is 0 Å². The van der Waals surface area contributed by atoms with Gasteiger partial charge >= 0.3 is 0 Å². The fourth-order valence-electron chi connectivity index (χ4n) is 1.28. The summed E-state index contributed by atoms with van der Waals surface area (Å²) >= 11 is 0. The number of hydrogen-bond donors (Lipinski definition) is 1. The van der Waals surface area contributed by atoms with E-state index < -0.39 is 0 Å². The first-order valence-electron chi connectivity index (χ1n) is 5.01. The zero-order chi connectivity index (χ0) is 11.4. The zero-order valence-corrected chi connectivity index (χ0v) is 9.00. The maximum Gasteiger partial charge on any atom is 0.159 e. The lowest BCUT2D eigenvalue weighted by Gasteiger charge is -2.05. The molecule has 0 saturated heterocycles. The largest absolute Gasteiger partial charge is 0.384 e. The number of anilines is 1. The maximum absolute atomic E-state index is 5.69. The number of hydrogen-bond acceptors (Lipinski definition) is 5. The SMILES string of the molecule is CCOCc1nc(N)cc(-n2cccn2)n1. The molecule has 6 nitrogen and oxygen atoms in total. The van der Waals surface area contributed by atoms with Crippen molar-refractivity contribution in [3.05, 3.63) is 30.4 Å². The summed E-state index contributed by atoms with van der Waals surface area (Å²) in [5.41, 5.74) is 5.69. The van der Waals surface area contributed by atoms with Crippen molar-refractivity contribution in [2.75, 3.05) is 12.3 Å². The van der Waals surface area contributed by atoms with Crippen molar-refractivity contribution in [3.8, 4) is 5.82 Å². The van der Waals surface area contributed by atoms with Gasteiger partial charge in [-0.05, 0) is 13.0 Å². The van der Waals surface area contributed by atoms with Crippen molar-refractivity contribution >= 4 is 5.82 Å². The predicted octanol–water partition coefficient (Wildman–Crippen LogP) is 0.781. The van der Waals surface area contributed by atoms with Gasteiger partial charge in [-0.1, -0.05) is 0 Å². The van der Waals surface area contributed by atoms with E-state index in [2.05, 4.69) is 15.1 Å². The highest BCUT2D eigenvalue weighted by Gasteiger charge is 2.04. The summed E-state index contributed by atoms with van der Waals surface area (Å²) in [6, 6.07) is 3.49. The van der Waals surface area contributed by atoms with Crippen LogP contribution < -0.4 is 5.73 Å². The first-order chi connectivity index (χ1) is 7.79. The summed E-state index contributed by atoms with van der Waals surface area (Å²) in [6.45, 7) is 2.89. The molecule has 0 spiro atoms. The summed E-state index contributed by atoms with van der Waals surface area (Å²) in [5, 5.41) is 4.08. The molecule has 2 aromatic rings. The highest BCUT2D eigenvalue weighted by molar-refractivity contribution is 5.36. The van der Waals surface area contributed by atoms with Crippen LogP contribution in [0.5, 0.6) is 0 Å². The molecule has 2 heterocycles. The molecule has 0 saturated carbocycles. The van der Waals surface area contributed by atoms with Crippen LogP contribution in [0.2, 0.25) is 0 Å². The summed E-state index contributed by atoms with van der Waals surface area (Å²) < 4.78 is 6.87. The van der Waals surface area contributed by atoms with E-state index in [1.807, 2.05) is 13.0 Å². The third kappa shape index (κ3) is 2.34. The molecule has 16 heavy (non-hydrogen) atoms. The van der Waals surface area contributed by atoms with Crippen LogP contribution in [0.25, 0.3) is 5.82 Å². The van der Waals surface area contributed by atoms with Gasteiger partial charge in [0.05, 0.1) is 0 Å². The highest BCUT2D eigenvalue weighted by Crippen LogP contribution is 2.08. The molecule has 2 aromatic heterocycles. The van der Waals surface area contributed by atoms with Gasteiger partial charge in [-0.2, -0.15) is 5.10 Å². The van der Waals surface area contributed by atoms with Crippen LogP contribution in [0.4, 0.5) is 5.82 Å². The molecule has 2 rings (SSSR count). The van der Waals surface area contributed by atoms with Crippen molar-refractivity contribution in [1.82, 2.24) is 19.7 Å². The molecule has 0 aliphatic heterocycles. The van der Waals surface area contributed by atoms with Crippen molar-refractivity contribution < 1.29 is 4.74 Å². The molecule has 0 atom stereocenters. The molecule has 84 valence electrons. The summed E-state index contributed by atoms with van der Waals surface area (Å²) in [7, 11) is 0. The van der Waals surface area contributed by atoms with Gasteiger partial charge in [0.2, 0.25) is 0 Å². The Labute approximate surface area is 93.1 Å². The molecular weight excluding hydrogens is 206 g/mol. The lowest BCUT2D eigenvalue weighted by atomic mass is 10.5. The number of aromatic nitrogens is 4. The lowest BCUT2D eigenvalue weighted by Crippen LogP contribution is -2.07. The van der Waals surface area contributed by atoms with Gasteiger partial charge in [0.25, 0.3) is 0 Å². The topological polar surface area (TPSA) is 78.9 Å². The highest BCUT2D eigenvalue weighted by atomic mass is 16.5. The molecule has 0 unspecified atom stereocenters. The Kier molecular flexibility index (Phi) is 3.11. The third-order valence-corrected chi connectivity index (χ3v) is 1.95. The molecule has 2 N–H and O–H groups in total. The Hall–Kier alpha value is -1.95. The minimum Gasteiger partial charge on any atom is -0.384 e. The van der Waals surface area contributed by atoms with E-state index in [1.54, 1.807) is 23.1 Å². The molecule has 0 amide bonds. The Bertz CT molecular complexity index is 454. The van der Waals surface area contributed by atoms with E-state index in [0.717, 1.165) is 0 Å². The summed E-state index contributed by atoms with van der Waals surface area (Å²) in [6.07, 6.45) is 3.48. The second-order valence-corrected chi connectivity index (χ2v) is 3.16. The molecule has 0 fully saturated rings. The van der Waals surface area contributed by atoms with Gasteiger partial charge in [-0.3, -0.25) is 0 Å². The average Bonchev–Trinajstić information content (AvgIpc) is 2.79. The second-order valence-electron chi connectivity index (χ2n) is 3.16. The smallest absolute Gasteiger partial charge is 0.159 e. The van der Waals surface area contributed by atoms with Crippen LogP contribution in [-0.4, -0.2) is 26.4 Å². The number of nitrogens with two attached hydrogens (primary N) is 1. The minimum absolute atomic E-state index is 0.357. The van der Waals surface area contributed by atoms with E-state index in [1.165, 1.54) is 0 Å². The van der Waals surface area contributed by atoms with Crippen LogP contribution in [0.3, 0.4) is 0 Å². The molecule has 0 radical (unpaired) electrons. The molecular formula is C10H13N5O. The Morgan fingerprint density at radius 2 is 2.31 bits per heavy atom. The van der Waals surface area contributed by atoms with Crippen LogP contribution in [0, 0.1) is 0 Å². The van der Waals surface area contributed by atoms with E-state index in [-0.39, 0.29) is 0 Å². The zero-order valence-electron chi connectivity index (χ0n) is 9.00. The summed E-state index contributed by atoms with van der Waals surface area (Å²) in [5.74, 6) is 1.62. The van der Waals surface area contributed by atoms with Gasteiger partial charge in [0.15, 0.2) is 11.6 Å². The molecule has 0 aromatic carbocycles. The standard InChI is InChI=1S/C10H13N5O/c1-2-16-7-9-13-8(11)6-10(14-9)15-5-3-4-12-15/h3-6H,2,7H2,1H3,(H2,11,13,14). The van der Waals surface area contributed by atoms with E-state index >= 15 is 0 Å². The Balaban J connectivity index is 2.29. The van der Waals surface area contributed by atoms with Crippen LogP contribution in [-0.2, 0) is 11.3 Å². The number of rotatable bonds is 4. The van der Waals surface area contributed by atoms with Gasteiger partial charge in [-0.25, -0.2) is 14.6 Å².